The minimum absolute atomic E-state index is 0.669. The van der Waals surface area contributed by atoms with Gasteiger partial charge in [0.15, 0.2) is 11.5 Å². The topological polar surface area (TPSA) is 30.5 Å². The summed E-state index contributed by atoms with van der Waals surface area (Å²) in [4.78, 5) is 0. The highest BCUT2D eigenvalue weighted by Gasteiger charge is 2.20. The van der Waals surface area contributed by atoms with Gasteiger partial charge in [-0.3, -0.25) is 0 Å². The van der Waals surface area contributed by atoms with Crippen molar-refractivity contribution in [2.45, 2.75) is 45.7 Å². The van der Waals surface area contributed by atoms with E-state index < -0.39 is 0 Å². The second kappa shape index (κ2) is 6.64. The molecule has 0 bridgehead atoms. The molecule has 0 aromatic heterocycles. The van der Waals surface area contributed by atoms with E-state index in [1.165, 1.54) is 18.4 Å². The Hall–Kier alpha value is -1.22. The Labute approximate surface area is 109 Å². The SMILES string of the molecule is CCCOc1ccc(CNC2CC2)cc1OCC. The molecule has 1 fully saturated rings. The summed E-state index contributed by atoms with van der Waals surface area (Å²) in [7, 11) is 0. The summed E-state index contributed by atoms with van der Waals surface area (Å²) in [5.74, 6) is 1.72. The van der Waals surface area contributed by atoms with E-state index in [0.29, 0.717) is 6.61 Å². The van der Waals surface area contributed by atoms with Gasteiger partial charge in [-0.1, -0.05) is 13.0 Å². The number of ether oxygens (including phenoxy) is 2. The van der Waals surface area contributed by atoms with E-state index in [9.17, 15) is 0 Å². The molecule has 1 aliphatic rings. The number of benzene rings is 1. The first-order valence-corrected chi connectivity index (χ1v) is 6.95. The van der Waals surface area contributed by atoms with Crippen LogP contribution >= 0.6 is 0 Å². The lowest BCUT2D eigenvalue weighted by atomic mass is 10.2. The van der Waals surface area contributed by atoms with E-state index in [1.807, 2.05) is 13.0 Å². The van der Waals surface area contributed by atoms with Crippen LogP contribution in [0.2, 0.25) is 0 Å². The van der Waals surface area contributed by atoms with Crippen LogP contribution in [0.15, 0.2) is 18.2 Å². The van der Waals surface area contributed by atoms with Crippen LogP contribution in [0.25, 0.3) is 0 Å². The molecule has 0 atom stereocenters. The molecule has 0 spiro atoms. The molecule has 0 heterocycles. The molecule has 0 saturated heterocycles. The van der Waals surface area contributed by atoms with Gasteiger partial charge in [0, 0.05) is 12.6 Å². The van der Waals surface area contributed by atoms with Gasteiger partial charge < -0.3 is 14.8 Å². The highest BCUT2D eigenvalue weighted by molar-refractivity contribution is 5.43. The van der Waals surface area contributed by atoms with Crippen LogP contribution in [0.1, 0.15) is 38.7 Å². The summed E-state index contributed by atoms with van der Waals surface area (Å²) in [5, 5.41) is 3.51. The van der Waals surface area contributed by atoms with Crippen molar-refractivity contribution in [2.24, 2.45) is 0 Å². The van der Waals surface area contributed by atoms with Crippen LogP contribution in [-0.2, 0) is 6.54 Å². The molecule has 0 unspecified atom stereocenters. The van der Waals surface area contributed by atoms with Gasteiger partial charge in [-0.25, -0.2) is 0 Å². The van der Waals surface area contributed by atoms with Gasteiger partial charge in [0.1, 0.15) is 0 Å². The Morgan fingerprint density at radius 2 is 2.00 bits per heavy atom. The maximum absolute atomic E-state index is 5.69. The Balaban J connectivity index is 2.00. The molecular weight excluding hydrogens is 226 g/mol. The summed E-state index contributed by atoms with van der Waals surface area (Å²) in [6.07, 6.45) is 3.64. The van der Waals surface area contributed by atoms with Crippen molar-refractivity contribution in [1.29, 1.82) is 0 Å². The first-order chi connectivity index (χ1) is 8.83. The van der Waals surface area contributed by atoms with Gasteiger partial charge in [0.25, 0.3) is 0 Å². The van der Waals surface area contributed by atoms with Gasteiger partial charge in [-0.15, -0.1) is 0 Å². The zero-order valence-electron chi connectivity index (χ0n) is 11.4. The van der Waals surface area contributed by atoms with Crippen molar-refractivity contribution in [3.05, 3.63) is 23.8 Å². The van der Waals surface area contributed by atoms with E-state index in [2.05, 4.69) is 24.4 Å². The number of rotatable bonds is 8. The average Bonchev–Trinajstić information content (AvgIpc) is 3.20. The summed E-state index contributed by atoms with van der Waals surface area (Å²) >= 11 is 0. The Morgan fingerprint density at radius 1 is 1.17 bits per heavy atom. The van der Waals surface area contributed by atoms with Crippen LogP contribution in [0.3, 0.4) is 0 Å². The molecule has 100 valence electrons. The van der Waals surface area contributed by atoms with Gasteiger partial charge >= 0.3 is 0 Å². The number of hydrogen-bond donors (Lipinski definition) is 1. The summed E-state index contributed by atoms with van der Waals surface area (Å²) in [6.45, 7) is 6.42. The summed E-state index contributed by atoms with van der Waals surface area (Å²) < 4.78 is 11.3. The Kier molecular flexibility index (Phi) is 4.88. The maximum atomic E-state index is 5.69. The van der Waals surface area contributed by atoms with Crippen molar-refractivity contribution >= 4 is 0 Å². The van der Waals surface area contributed by atoms with Gasteiger partial charge in [0.2, 0.25) is 0 Å². The molecule has 3 heteroatoms. The van der Waals surface area contributed by atoms with Crippen LogP contribution in [0.4, 0.5) is 0 Å². The molecule has 18 heavy (non-hydrogen) atoms. The van der Waals surface area contributed by atoms with Crippen LogP contribution in [0, 0.1) is 0 Å². The molecule has 1 N–H and O–H groups in total. The van der Waals surface area contributed by atoms with Crippen LogP contribution in [-0.4, -0.2) is 19.3 Å². The molecule has 0 amide bonds. The highest BCUT2D eigenvalue weighted by Crippen LogP contribution is 2.29. The Bertz CT molecular complexity index is 375. The van der Waals surface area contributed by atoms with E-state index in [0.717, 1.165) is 37.1 Å². The van der Waals surface area contributed by atoms with Crippen molar-refractivity contribution in [2.75, 3.05) is 13.2 Å². The van der Waals surface area contributed by atoms with E-state index in [1.54, 1.807) is 0 Å². The average molecular weight is 249 g/mol. The zero-order valence-corrected chi connectivity index (χ0v) is 11.4. The van der Waals surface area contributed by atoms with Crippen molar-refractivity contribution in [3.8, 4) is 11.5 Å². The fraction of sp³-hybridized carbons (Fsp3) is 0.600. The number of hydrogen-bond acceptors (Lipinski definition) is 3. The lowest BCUT2D eigenvalue weighted by molar-refractivity contribution is 0.276. The molecule has 1 saturated carbocycles. The molecule has 0 aliphatic heterocycles. The minimum Gasteiger partial charge on any atom is -0.490 e. The predicted octanol–water partition coefficient (Wildman–Crippen LogP) is 3.13. The van der Waals surface area contributed by atoms with Gasteiger partial charge in [-0.2, -0.15) is 0 Å². The van der Waals surface area contributed by atoms with Crippen LogP contribution < -0.4 is 14.8 Å². The third kappa shape index (κ3) is 3.91. The predicted molar refractivity (Wildman–Crippen MR) is 73.3 cm³/mol. The molecule has 3 nitrogen and oxygen atoms in total. The normalized spacial score (nSPS) is 14.6. The van der Waals surface area contributed by atoms with E-state index in [-0.39, 0.29) is 0 Å². The lowest BCUT2D eigenvalue weighted by Crippen LogP contribution is -2.15. The number of nitrogens with one attached hydrogen (secondary N) is 1. The first-order valence-electron chi connectivity index (χ1n) is 6.95. The maximum Gasteiger partial charge on any atom is 0.161 e. The second-order valence-corrected chi connectivity index (χ2v) is 4.72. The molecular formula is C15H23NO2. The standard InChI is InChI=1S/C15H23NO2/c1-3-9-18-14-8-5-12(10-15(14)17-4-2)11-16-13-6-7-13/h5,8,10,13,16H,3-4,6-7,9,11H2,1-2H3. The monoisotopic (exact) mass is 249 g/mol. The van der Waals surface area contributed by atoms with E-state index in [4.69, 9.17) is 9.47 Å². The lowest BCUT2D eigenvalue weighted by Gasteiger charge is -2.13. The summed E-state index contributed by atoms with van der Waals surface area (Å²) in [6, 6.07) is 6.95. The third-order valence-corrected chi connectivity index (χ3v) is 2.94. The van der Waals surface area contributed by atoms with Crippen molar-refractivity contribution < 1.29 is 9.47 Å². The molecule has 1 aromatic rings. The first kappa shape index (κ1) is 13.2. The largest absolute Gasteiger partial charge is 0.490 e. The highest BCUT2D eigenvalue weighted by atomic mass is 16.5. The minimum atomic E-state index is 0.669. The van der Waals surface area contributed by atoms with Gasteiger partial charge in [-0.05, 0) is 43.9 Å². The second-order valence-electron chi connectivity index (χ2n) is 4.72. The third-order valence-electron chi connectivity index (χ3n) is 2.94. The molecule has 1 aromatic carbocycles. The zero-order chi connectivity index (χ0) is 12.8. The Morgan fingerprint density at radius 3 is 2.67 bits per heavy atom. The van der Waals surface area contributed by atoms with Crippen LogP contribution in [0.5, 0.6) is 11.5 Å². The molecule has 2 rings (SSSR count). The van der Waals surface area contributed by atoms with Crippen molar-refractivity contribution in [1.82, 2.24) is 5.32 Å². The van der Waals surface area contributed by atoms with E-state index >= 15 is 0 Å². The quantitative estimate of drug-likeness (QED) is 0.768. The fourth-order valence-corrected chi connectivity index (χ4v) is 1.81. The smallest absolute Gasteiger partial charge is 0.161 e. The molecule has 0 radical (unpaired) electrons. The van der Waals surface area contributed by atoms with Gasteiger partial charge in [0.05, 0.1) is 13.2 Å². The molecule has 1 aliphatic carbocycles. The fourth-order valence-electron chi connectivity index (χ4n) is 1.81. The van der Waals surface area contributed by atoms with Crippen molar-refractivity contribution in [3.63, 3.8) is 0 Å². The summed E-state index contributed by atoms with van der Waals surface area (Å²) in [5.41, 5.74) is 1.26.